The number of guanidine groups is 1. The lowest BCUT2D eigenvalue weighted by atomic mass is 10.0. The molecule has 0 bridgehead atoms. The van der Waals surface area contributed by atoms with Gasteiger partial charge in [-0.3, -0.25) is 4.90 Å². The van der Waals surface area contributed by atoms with Crippen molar-refractivity contribution in [2.75, 3.05) is 20.1 Å². The van der Waals surface area contributed by atoms with Crippen LogP contribution in [0.1, 0.15) is 44.7 Å². The fourth-order valence-corrected chi connectivity index (χ4v) is 2.98. The van der Waals surface area contributed by atoms with Crippen LogP contribution in [0.5, 0.6) is 0 Å². The molecule has 1 aliphatic rings. The van der Waals surface area contributed by atoms with Gasteiger partial charge >= 0.3 is 0 Å². The number of piperidine rings is 1. The Bertz CT molecular complexity index is 524. The van der Waals surface area contributed by atoms with Gasteiger partial charge in [-0.15, -0.1) is 0 Å². The van der Waals surface area contributed by atoms with Crippen LogP contribution < -0.4 is 5.73 Å². The molecule has 23 heavy (non-hydrogen) atoms. The van der Waals surface area contributed by atoms with Gasteiger partial charge in [-0.05, 0) is 50.8 Å². The highest BCUT2D eigenvalue weighted by Gasteiger charge is 2.17. The number of rotatable bonds is 5. The van der Waals surface area contributed by atoms with Gasteiger partial charge in [-0.25, -0.2) is 4.99 Å². The van der Waals surface area contributed by atoms with Crippen molar-refractivity contribution in [3.63, 3.8) is 0 Å². The minimum absolute atomic E-state index is 0.534. The summed E-state index contributed by atoms with van der Waals surface area (Å²) in [5, 5.41) is 0. The van der Waals surface area contributed by atoms with E-state index in [1.54, 1.807) is 0 Å². The van der Waals surface area contributed by atoms with Crippen molar-refractivity contribution < 1.29 is 0 Å². The Hall–Kier alpha value is -1.55. The second-order valence-electron chi connectivity index (χ2n) is 7.15. The van der Waals surface area contributed by atoms with Crippen molar-refractivity contribution in [2.24, 2.45) is 16.6 Å². The summed E-state index contributed by atoms with van der Waals surface area (Å²) in [6, 6.07) is 9.09. The van der Waals surface area contributed by atoms with E-state index in [0.717, 1.165) is 19.6 Å². The van der Waals surface area contributed by atoms with Crippen LogP contribution in [0, 0.1) is 5.92 Å². The molecule has 0 spiro atoms. The molecule has 4 heteroatoms. The van der Waals surface area contributed by atoms with Crippen molar-refractivity contribution in [1.29, 1.82) is 0 Å². The minimum atomic E-state index is 0.534. The summed E-state index contributed by atoms with van der Waals surface area (Å²) in [6.45, 7) is 10.4. The summed E-state index contributed by atoms with van der Waals surface area (Å²) >= 11 is 0. The highest BCUT2D eigenvalue weighted by molar-refractivity contribution is 5.78. The second-order valence-corrected chi connectivity index (χ2v) is 7.15. The number of likely N-dealkylation sites (tertiary alicyclic amines) is 1. The minimum Gasteiger partial charge on any atom is -0.370 e. The molecule has 4 nitrogen and oxygen atoms in total. The first-order valence-corrected chi connectivity index (χ1v) is 8.79. The molecule has 2 N–H and O–H groups in total. The van der Waals surface area contributed by atoms with E-state index in [9.17, 15) is 0 Å². The van der Waals surface area contributed by atoms with Gasteiger partial charge in [0.1, 0.15) is 0 Å². The van der Waals surface area contributed by atoms with Crippen LogP contribution >= 0.6 is 0 Å². The van der Waals surface area contributed by atoms with E-state index in [1.165, 1.54) is 24.0 Å². The highest BCUT2D eigenvalue weighted by atomic mass is 15.3. The Morgan fingerprint density at radius 2 is 2.04 bits per heavy atom. The van der Waals surface area contributed by atoms with Crippen molar-refractivity contribution in [3.8, 4) is 0 Å². The van der Waals surface area contributed by atoms with Gasteiger partial charge in [0.15, 0.2) is 5.96 Å². The molecule has 128 valence electrons. The van der Waals surface area contributed by atoms with Gasteiger partial charge in [0, 0.05) is 25.7 Å². The van der Waals surface area contributed by atoms with Gasteiger partial charge < -0.3 is 10.6 Å². The Balaban J connectivity index is 2.03. The molecule has 1 saturated heterocycles. The number of hydrogen-bond acceptors (Lipinski definition) is 2. The fraction of sp³-hybridized carbons (Fsp3) is 0.632. The van der Waals surface area contributed by atoms with Crippen LogP contribution in [0.3, 0.4) is 0 Å². The van der Waals surface area contributed by atoms with E-state index in [-0.39, 0.29) is 0 Å². The maximum Gasteiger partial charge on any atom is 0.191 e. The van der Waals surface area contributed by atoms with E-state index in [1.807, 2.05) is 0 Å². The van der Waals surface area contributed by atoms with Crippen LogP contribution in [-0.4, -0.2) is 41.9 Å². The number of nitrogens with two attached hydrogens (primary N) is 1. The SMILES string of the molecule is CC1CCCN(C(N)=NCc2ccccc2CN(C)C(C)C)C1. The van der Waals surface area contributed by atoms with Crippen molar-refractivity contribution in [1.82, 2.24) is 9.80 Å². The molecule has 1 heterocycles. The fourth-order valence-electron chi connectivity index (χ4n) is 2.98. The lowest BCUT2D eigenvalue weighted by molar-refractivity contribution is 0.265. The average Bonchev–Trinajstić information content (AvgIpc) is 2.53. The summed E-state index contributed by atoms with van der Waals surface area (Å²) in [7, 11) is 2.16. The molecule has 0 radical (unpaired) electrons. The summed E-state index contributed by atoms with van der Waals surface area (Å²) in [5.74, 6) is 1.41. The van der Waals surface area contributed by atoms with E-state index >= 15 is 0 Å². The predicted molar refractivity (Wildman–Crippen MR) is 98.3 cm³/mol. The third-order valence-electron chi connectivity index (χ3n) is 4.81. The molecule has 2 rings (SSSR count). The van der Waals surface area contributed by atoms with Crippen LogP contribution in [0.2, 0.25) is 0 Å². The maximum atomic E-state index is 6.22. The number of benzene rings is 1. The van der Waals surface area contributed by atoms with Crippen molar-refractivity contribution in [3.05, 3.63) is 35.4 Å². The van der Waals surface area contributed by atoms with E-state index in [2.05, 4.69) is 66.9 Å². The number of aliphatic imine (C=N–C) groups is 1. The Labute approximate surface area is 141 Å². The molecule has 1 aromatic carbocycles. The van der Waals surface area contributed by atoms with Crippen LogP contribution in [0.4, 0.5) is 0 Å². The third kappa shape index (κ3) is 5.24. The molecule has 1 atom stereocenters. The second kappa shape index (κ2) is 8.34. The molecule has 1 fully saturated rings. The molecule has 1 unspecified atom stereocenters. The molecular weight excluding hydrogens is 284 g/mol. The topological polar surface area (TPSA) is 44.9 Å². The Morgan fingerprint density at radius 1 is 1.35 bits per heavy atom. The van der Waals surface area contributed by atoms with Crippen molar-refractivity contribution >= 4 is 5.96 Å². The van der Waals surface area contributed by atoms with Gasteiger partial charge in [-0.2, -0.15) is 0 Å². The highest BCUT2D eigenvalue weighted by Crippen LogP contribution is 2.16. The molecule has 1 aromatic rings. The van der Waals surface area contributed by atoms with Gasteiger partial charge in [-0.1, -0.05) is 31.2 Å². The predicted octanol–water partition coefficient (Wildman–Crippen LogP) is 3.07. The van der Waals surface area contributed by atoms with Gasteiger partial charge in [0.25, 0.3) is 0 Å². The zero-order chi connectivity index (χ0) is 16.8. The zero-order valence-electron chi connectivity index (χ0n) is 15.1. The molecule has 0 aromatic heterocycles. The molecule has 0 aliphatic carbocycles. The summed E-state index contributed by atoms with van der Waals surface area (Å²) < 4.78 is 0. The summed E-state index contributed by atoms with van der Waals surface area (Å²) in [6.07, 6.45) is 2.52. The first-order chi connectivity index (χ1) is 11.0. The molecule has 0 saturated carbocycles. The first kappa shape index (κ1) is 17.8. The van der Waals surface area contributed by atoms with Gasteiger partial charge in [0.05, 0.1) is 6.54 Å². The normalized spacial score (nSPS) is 19.7. The quantitative estimate of drug-likeness (QED) is 0.671. The Kier molecular flexibility index (Phi) is 6.46. The van der Waals surface area contributed by atoms with Crippen LogP contribution in [0.25, 0.3) is 0 Å². The molecular formula is C19H32N4. The lowest BCUT2D eigenvalue weighted by Crippen LogP contribution is -2.43. The average molecular weight is 316 g/mol. The standard InChI is InChI=1S/C19H32N4/c1-15(2)22(4)14-18-10-6-5-9-17(18)12-21-19(20)23-11-7-8-16(3)13-23/h5-6,9-10,15-16H,7-8,11-14H2,1-4H3,(H2,20,21). The van der Waals surface area contributed by atoms with Crippen LogP contribution in [-0.2, 0) is 13.1 Å². The van der Waals surface area contributed by atoms with Crippen LogP contribution in [0.15, 0.2) is 29.3 Å². The molecule has 1 aliphatic heterocycles. The largest absolute Gasteiger partial charge is 0.370 e. The molecule has 0 amide bonds. The van der Waals surface area contributed by atoms with E-state index in [4.69, 9.17) is 5.73 Å². The van der Waals surface area contributed by atoms with E-state index in [0.29, 0.717) is 24.5 Å². The third-order valence-corrected chi connectivity index (χ3v) is 4.81. The smallest absolute Gasteiger partial charge is 0.191 e. The Morgan fingerprint density at radius 3 is 2.70 bits per heavy atom. The lowest BCUT2D eigenvalue weighted by Gasteiger charge is -2.31. The van der Waals surface area contributed by atoms with Crippen molar-refractivity contribution in [2.45, 2.75) is 52.7 Å². The van der Waals surface area contributed by atoms with Gasteiger partial charge in [0.2, 0.25) is 0 Å². The summed E-state index contributed by atoms with van der Waals surface area (Å²) in [4.78, 5) is 9.25. The zero-order valence-corrected chi connectivity index (χ0v) is 15.1. The number of nitrogens with zero attached hydrogens (tertiary/aromatic N) is 3. The first-order valence-electron chi connectivity index (χ1n) is 8.79. The maximum absolute atomic E-state index is 6.22. The van der Waals surface area contributed by atoms with E-state index < -0.39 is 0 Å². The number of hydrogen-bond donors (Lipinski definition) is 1. The summed E-state index contributed by atoms with van der Waals surface area (Å²) in [5.41, 5.74) is 8.83. The monoisotopic (exact) mass is 316 g/mol.